The van der Waals surface area contributed by atoms with Crippen molar-refractivity contribution in [2.45, 2.75) is 19.8 Å². The lowest BCUT2D eigenvalue weighted by Gasteiger charge is -1.98. The van der Waals surface area contributed by atoms with Crippen LogP contribution in [0.1, 0.15) is 24.5 Å². The van der Waals surface area contributed by atoms with Gasteiger partial charge in [-0.05, 0) is 30.7 Å². The van der Waals surface area contributed by atoms with Crippen LogP contribution in [0, 0.1) is 11.8 Å². The SMILES string of the molecule is CCOC(=O)CC#Cc1ccc2c(c1)CC(=O)N2. The van der Waals surface area contributed by atoms with Crippen molar-refractivity contribution in [1.82, 2.24) is 0 Å². The van der Waals surface area contributed by atoms with Gasteiger partial charge in [-0.25, -0.2) is 0 Å². The summed E-state index contributed by atoms with van der Waals surface area (Å²) in [6.45, 7) is 2.13. The zero-order chi connectivity index (χ0) is 13.0. The van der Waals surface area contributed by atoms with Crippen LogP contribution in [-0.2, 0) is 20.7 Å². The number of esters is 1. The van der Waals surface area contributed by atoms with E-state index in [0.717, 1.165) is 16.8 Å². The topological polar surface area (TPSA) is 55.4 Å². The van der Waals surface area contributed by atoms with Crippen molar-refractivity contribution >= 4 is 17.6 Å². The van der Waals surface area contributed by atoms with Crippen LogP contribution in [0.3, 0.4) is 0 Å². The summed E-state index contributed by atoms with van der Waals surface area (Å²) in [6, 6.07) is 5.52. The van der Waals surface area contributed by atoms with Crippen molar-refractivity contribution in [3.63, 3.8) is 0 Å². The summed E-state index contributed by atoms with van der Waals surface area (Å²) in [6.07, 6.45) is 0.477. The van der Waals surface area contributed by atoms with Crippen LogP contribution in [0.4, 0.5) is 5.69 Å². The number of hydrogen-bond donors (Lipinski definition) is 1. The summed E-state index contributed by atoms with van der Waals surface area (Å²) in [5.41, 5.74) is 2.59. The molecular weight excluding hydrogens is 230 g/mol. The van der Waals surface area contributed by atoms with Crippen LogP contribution in [-0.4, -0.2) is 18.5 Å². The van der Waals surface area contributed by atoms with E-state index in [1.807, 2.05) is 18.2 Å². The summed E-state index contributed by atoms with van der Waals surface area (Å²) >= 11 is 0. The first-order valence-electron chi connectivity index (χ1n) is 5.76. The number of ether oxygens (including phenoxy) is 1. The van der Waals surface area contributed by atoms with Gasteiger partial charge in [0.25, 0.3) is 0 Å². The number of benzene rings is 1. The number of carbonyl (C=O) groups is 2. The molecule has 1 aliphatic rings. The molecule has 0 aromatic heterocycles. The molecule has 92 valence electrons. The summed E-state index contributed by atoms with van der Waals surface area (Å²) in [5.74, 6) is 5.33. The van der Waals surface area contributed by atoms with Gasteiger partial charge in [0, 0.05) is 11.3 Å². The van der Waals surface area contributed by atoms with Gasteiger partial charge in [0.05, 0.1) is 13.0 Å². The van der Waals surface area contributed by atoms with Crippen LogP contribution in [0.5, 0.6) is 0 Å². The Morgan fingerprint density at radius 3 is 3.11 bits per heavy atom. The third kappa shape index (κ3) is 2.89. The molecule has 0 spiro atoms. The highest BCUT2D eigenvalue weighted by atomic mass is 16.5. The average molecular weight is 243 g/mol. The summed E-state index contributed by atoms with van der Waals surface area (Å²) < 4.78 is 4.77. The van der Waals surface area contributed by atoms with Gasteiger partial charge in [-0.3, -0.25) is 9.59 Å². The average Bonchev–Trinajstić information content (AvgIpc) is 2.69. The van der Waals surface area contributed by atoms with E-state index in [1.165, 1.54) is 0 Å². The molecule has 0 aliphatic carbocycles. The number of nitrogens with one attached hydrogen (secondary N) is 1. The van der Waals surface area contributed by atoms with Gasteiger partial charge in [-0.2, -0.15) is 0 Å². The molecule has 0 bridgehead atoms. The van der Waals surface area contributed by atoms with Crippen molar-refractivity contribution in [1.29, 1.82) is 0 Å². The van der Waals surface area contributed by atoms with Crippen molar-refractivity contribution < 1.29 is 14.3 Å². The van der Waals surface area contributed by atoms with E-state index in [9.17, 15) is 9.59 Å². The highest BCUT2D eigenvalue weighted by Crippen LogP contribution is 2.23. The summed E-state index contributed by atoms with van der Waals surface area (Å²) in [5, 5.41) is 2.75. The second-order valence-corrected chi connectivity index (χ2v) is 3.88. The Bertz CT molecular complexity index is 552. The first-order valence-corrected chi connectivity index (χ1v) is 5.76. The maximum atomic E-state index is 11.2. The predicted molar refractivity (Wildman–Crippen MR) is 66.9 cm³/mol. The molecule has 0 atom stereocenters. The molecule has 0 unspecified atom stereocenters. The third-order valence-corrected chi connectivity index (χ3v) is 2.50. The van der Waals surface area contributed by atoms with Gasteiger partial charge in [-0.15, -0.1) is 0 Å². The van der Waals surface area contributed by atoms with Gasteiger partial charge in [-0.1, -0.05) is 11.8 Å². The monoisotopic (exact) mass is 243 g/mol. The normalized spacial score (nSPS) is 12.2. The van der Waals surface area contributed by atoms with Gasteiger partial charge >= 0.3 is 5.97 Å². The van der Waals surface area contributed by atoms with E-state index < -0.39 is 0 Å². The van der Waals surface area contributed by atoms with Crippen molar-refractivity contribution in [2.24, 2.45) is 0 Å². The minimum Gasteiger partial charge on any atom is -0.465 e. The number of amides is 1. The molecule has 1 heterocycles. The molecule has 1 aromatic rings. The van der Waals surface area contributed by atoms with Crippen LogP contribution < -0.4 is 5.32 Å². The van der Waals surface area contributed by atoms with E-state index in [1.54, 1.807) is 6.92 Å². The fourth-order valence-electron chi connectivity index (χ4n) is 1.74. The van der Waals surface area contributed by atoms with Crippen LogP contribution in [0.25, 0.3) is 0 Å². The van der Waals surface area contributed by atoms with Crippen LogP contribution in [0.15, 0.2) is 18.2 Å². The maximum absolute atomic E-state index is 11.2. The fourth-order valence-corrected chi connectivity index (χ4v) is 1.74. The Labute approximate surface area is 105 Å². The third-order valence-electron chi connectivity index (χ3n) is 2.50. The minimum atomic E-state index is -0.317. The number of rotatable bonds is 2. The van der Waals surface area contributed by atoms with Crippen LogP contribution >= 0.6 is 0 Å². The molecule has 1 aromatic carbocycles. The Balaban J connectivity index is 2.03. The predicted octanol–water partition coefficient (Wildman–Crippen LogP) is 1.49. The number of fused-ring (bicyclic) bond motifs is 1. The zero-order valence-electron chi connectivity index (χ0n) is 10.1. The maximum Gasteiger partial charge on any atom is 0.317 e. The number of hydrogen-bond acceptors (Lipinski definition) is 3. The van der Waals surface area contributed by atoms with Gasteiger partial charge in [0.2, 0.25) is 5.91 Å². The highest BCUT2D eigenvalue weighted by molar-refractivity contribution is 5.99. The molecule has 2 rings (SSSR count). The molecule has 0 saturated heterocycles. The fraction of sp³-hybridized carbons (Fsp3) is 0.286. The molecule has 1 aliphatic heterocycles. The summed E-state index contributed by atoms with van der Waals surface area (Å²) in [7, 11) is 0. The quantitative estimate of drug-likeness (QED) is 0.632. The molecular formula is C14H13NO3. The van der Waals surface area contributed by atoms with Gasteiger partial charge < -0.3 is 10.1 Å². The first-order chi connectivity index (χ1) is 8.69. The van der Waals surface area contributed by atoms with Crippen molar-refractivity contribution in [3.8, 4) is 11.8 Å². The van der Waals surface area contributed by atoms with E-state index in [2.05, 4.69) is 17.2 Å². The van der Waals surface area contributed by atoms with E-state index in [-0.39, 0.29) is 18.3 Å². The molecule has 4 nitrogen and oxygen atoms in total. The zero-order valence-corrected chi connectivity index (χ0v) is 10.1. The molecule has 0 fully saturated rings. The van der Waals surface area contributed by atoms with E-state index >= 15 is 0 Å². The molecule has 4 heteroatoms. The highest BCUT2D eigenvalue weighted by Gasteiger charge is 2.16. The minimum absolute atomic E-state index is 0.00151. The smallest absolute Gasteiger partial charge is 0.317 e. The standard InChI is InChI=1S/C14H13NO3/c1-2-18-14(17)5-3-4-10-6-7-12-11(8-10)9-13(16)15-12/h6-8H,2,5,9H2,1H3,(H,15,16). The molecule has 0 saturated carbocycles. The lowest BCUT2D eigenvalue weighted by molar-refractivity contribution is -0.141. The molecule has 1 N–H and O–H groups in total. The van der Waals surface area contributed by atoms with E-state index in [4.69, 9.17) is 4.74 Å². The first kappa shape index (κ1) is 12.2. The second-order valence-electron chi connectivity index (χ2n) is 3.88. The molecule has 18 heavy (non-hydrogen) atoms. The lowest BCUT2D eigenvalue weighted by Crippen LogP contribution is -2.03. The van der Waals surface area contributed by atoms with Gasteiger partial charge in [0.1, 0.15) is 6.42 Å². The number of anilines is 1. The Hall–Kier alpha value is -2.28. The van der Waals surface area contributed by atoms with E-state index in [0.29, 0.717) is 13.0 Å². The molecule has 1 amide bonds. The van der Waals surface area contributed by atoms with Crippen molar-refractivity contribution in [2.75, 3.05) is 11.9 Å². The number of carbonyl (C=O) groups excluding carboxylic acids is 2. The Morgan fingerprint density at radius 1 is 1.50 bits per heavy atom. The second kappa shape index (κ2) is 5.37. The van der Waals surface area contributed by atoms with Crippen LogP contribution in [0.2, 0.25) is 0 Å². The Morgan fingerprint density at radius 2 is 2.33 bits per heavy atom. The van der Waals surface area contributed by atoms with Gasteiger partial charge in [0.15, 0.2) is 0 Å². The summed E-state index contributed by atoms with van der Waals surface area (Å²) in [4.78, 5) is 22.3. The Kier molecular flexibility index (Phi) is 3.63. The molecule has 0 radical (unpaired) electrons. The largest absolute Gasteiger partial charge is 0.465 e. The van der Waals surface area contributed by atoms with Crippen molar-refractivity contribution in [3.05, 3.63) is 29.3 Å². The lowest BCUT2D eigenvalue weighted by atomic mass is 10.1.